The number of hydrogen-bond donors (Lipinski definition) is 1. The second-order valence-corrected chi connectivity index (χ2v) is 3.41. The lowest BCUT2D eigenvalue weighted by Crippen LogP contribution is -1.99. The highest BCUT2D eigenvalue weighted by Gasteiger charge is 2.10. The fraction of sp³-hybridized carbons (Fsp3) is 0.100. The van der Waals surface area contributed by atoms with Crippen molar-refractivity contribution in [2.24, 2.45) is 0 Å². The van der Waals surface area contributed by atoms with Crippen LogP contribution in [-0.2, 0) is 0 Å². The summed E-state index contributed by atoms with van der Waals surface area (Å²) in [6.07, 6.45) is 0. The first-order valence-electron chi connectivity index (χ1n) is 4.49. The van der Waals surface area contributed by atoms with Gasteiger partial charge >= 0.3 is 5.63 Å². The van der Waals surface area contributed by atoms with E-state index in [2.05, 4.69) is 15.4 Å². The highest BCUT2D eigenvalue weighted by Crippen LogP contribution is 2.20. The van der Waals surface area contributed by atoms with Crippen LogP contribution in [0, 0.1) is 6.92 Å². The monoisotopic (exact) mass is 201 g/mol. The first kappa shape index (κ1) is 8.16. The Labute approximate surface area is 83.7 Å². The van der Waals surface area contributed by atoms with E-state index in [1.165, 1.54) is 0 Å². The number of aromatic amines is 1. The highest BCUT2D eigenvalue weighted by atomic mass is 16.4. The smallest absolute Gasteiger partial charge is 0.366 e. The van der Waals surface area contributed by atoms with E-state index in [1.54, 1.807) is 0 Å². The minimum absolute atomic E-state index is 0.242. The first-order chi connectivity index (χ1) is 7.25. The van der Waals surface area contributed by atoms with Gasteiger partial charge in [-0.05, 0) is 24.6 Å². The molecule has 0 unspecified atom stereocenters. The van der Waals surface area contributed by atoms with Crippen LogP contribution in [0.25, 0.3) is 22.0 Å². The molecule has 0 saturated heterocycles. The van der Waals surface area contributed by atoms with Crippen LogP contribution in [0.1, 0.15) is 5.56 Å². The van der Waals surface area contributed by atoms with Crippen LogP contribution in [0.2, 0.25) is 0 Å². The van der Waals surface area contributed by atoms with Gasteiger partial charge in [0.05, 0.1) is 0 Å². The fourth-order valence-corrected chi connectivity index (χ4v) is 1.62. The highest BCUT2D eigenvalue weighted by molar-refractivity contribution is 5.99. The van der Waals surface area contributed by atoms with Crippen LogP contribution in [0.3, 0.4) is 0 Å². The molecule has 15 heavy (non-hydrogen) atoms. The van der Waals surface area contributed by atoms with Crippen LogP contribution in [-0.4, -0.2) is 15.4 Å². The van der Waals surface area contributed by atoms with Gasteiger partial charge < -0.3 is 4.42 Å². The minimum atomic E-state index is -0.461. The summed E-state index contributed by atoms with van der Waals surface area (Å²) in [6.45, 7) is 1.94. The predicted octanol–water partition coefficient (Wildman–Crippen LogP) is 1.37. The Hall–Kier alpha value is -2.17. The lowest BCUT2D eigenvalue weighted by Gasteiger charge is -1.97. The molecule has 5 nitrogen and oxygen atoms in total. The van der Waals surface area contributed by atoms with Crippen molar-refractivity contribution in [1.29, 1.82) is 0 Å². The van der Waals surface area contributed by atoms with E-state index < -0.39 is 5.63 Å². The second-order valence-electron chi connectivity index (χ2n) is 3.41. The van der Waals surface area contributed by atoms with Crippen molar-refractivity contribution >= 4 is 22.0 Å². The molecule has 1 aromatic carbocycles. The number of H-pyrrole nitrogens is 1. The summed E-state index contributed by atoms with van der Waals surface area (Å²) in [6, 6.07) is 5.62. The summed E-state index contributed by atoms with van der Waals surface area (Å²) >= 11 is 0. The summed E-state index contributed by atoms with van der Waals surface area (Å²) < 4.78 is 5.14. The molecule has 3 rings (SSSR count). The molecule has 0 fully saturated rings. The Morgan fingerprint density at radius 2 is 2.07 bits per heavy atom. The molecule has 0 aliphatic rings. The van der Waals surface area contributed by atoms with Gasteiger partial charge in [-0.2, -0.15) is 10.3 Å². The quantitative estimate of drug-likeness (QED) is 0.557. The molecule has 0 atom stereocenters. The Bertz CT molecular complexity index is 711. The van der Waals surface area contributed by atoms with Gasteiger partial charge in [-0.1, -0.05) is 6.07 Å². The lowest BCUT2D eigenvalue weighted by molar-refractivity contribution is 0.567. The van der Waals surface area contributed by atoms with Crippen LogP contribution in [0.5, 0.6) is 0 Å². The number of hydrogen-bond acceptors (Lipinski definition) is 4. The van der Waals surface area contributed by atoms with Crippen molar-refractivity contribution in [3.63, 3.8) is 0 Å². The lowest BCUT2D eigenvalue weighted by atomic mass is 10.1. The zero-order valence-corrected chi connectivity index (χ0v) is 7.94. The van der Waals surface area contributed by atoms with E-state index in [0.717, 1.165) is 10.9 Å². The fourth-order valence-electron chi connectivity index (χ4n) is 1.62. The molecule has 74 valence electrons. The van der Waals surface area contributed by atoms with Crippen LogP contribution < -0.4 is 5.63 Å². The second kappa shape index (κ2) is 2.66. The maximum Gasteiger partial charge on any atom is 0.366 e. The zero-order chi connectivity index (χ0) is 10.4. The average Bonchev–Trinajstić information content (AvgIpc) is 2.66. The first-order valence-corrected chi connectivity index (χ1v) is 4.49. The molecular weight excluding hydrogens is 194 g/mol. The maximum atomic E-state index is 11.5. The summed E-state index contributed by atoms with van der Waals surface area (Å²) in [5.74, 6) is 0. The topological polar surface area (TPSA) is 71.8 Å². The Kier molecular flexibility index (Phi) is 1.45. The van der Waals surface area contributed by atoms with Crippen molar-refractivity contribution in [1.82, 2.24) is 15.4 Å². The van der Waals surface area contributed by atoms with Crippen molar-refractivity contribution < 1.29 is 4.42 Å². The van der Waals surface area contributed by atoms with E-state index in [4.69, 9.17) is 4.42 Å². The molecule has 5 heteroatoms. The number of nitrogens with one attached hydrogen (secondary N) is 1. The van der Waals surface area contributed by atoms with Crippen molar-refractivity contribution in [3.05, 3.63) is 34.2 Å². The Morgan fingerprint density at radius 3 is 2.93 bits per heavy atom. The average molecular weight is 201 g/mol. The van der Waals surface area contributed by atoms with E-state index in [9.17, 15) is 4.79 Å². The molecule has 1 N–H and O–H groups in total. The molecule has 0 aliphatic carbocycles. The predicted molar refractivity (Wildman–Crippen MR) is 54.7 cm³/mol. The molecule has 0 amide bonds. The van der Waals surface area contributed by atoms with Gasteiger partial charge in [-0.3, -0.25) is 0 Å². The number of rotatable bonds is 0. The third-order valence-electron chi connectivity index (χ3n) is 2.34. The van der Waals surface area contributed by atoms with Gasteiger partial charge in [-0.25, -0.2) is 4.79 Å². The Morgan fingerprint density at radius 1 is 1.27 bits per heavy atom. The standard InChI is InChI=1S/C10H7N3O2/c1-5-2-3-6-7(4-5)15-10(14)9-8(6)11-13-12-9/h2-4H,1H3,(H,11,12,13). The van der Waals surface area contributed by atoms with Gasteiger partial charge in [-0.15, -0.1) is 5.10 Å². The van der Waals surface area contributed by atoms with Crippen molar-refractivity contribution in [2.75, 3.05) is 0 Å². The molecule has 2 heterocycles. The van der Waals surface area contributed by atoms with E-state index in [-0.39, 0.29) is 5.52 Å². The molecular formula is C10H7N3O2. The summed E-state index contributed by atoms with van der Waals surface area (Å²) in [4.78, 5) is 11.5. The number of fused-ring (bicyclic) bond motifs is 3. The molecule has 0 spiro atoms. The molecule has 3 aromatic rings. The maximum absolute atomic E-state index is 11.5. The number of benzene rings is 1. The van der Waals surface area contributed by atoms with Crippen LogP contribution >= 0.6 is 0 Å². The minimum Gasteiger partial charge on any atom is -0.421 e. The summed E-state index contributed by atoms with van der Waals surface area (Å²) in [5, 5.41) is 10.9. The third kappa shape index (κ3) is 1.06. The van der Waals surface area contributed by atoms with Gasteiger partial charge in [0.2, 0.25) is 0 Å². The SMILES string of the molecule is Cc1ccc2c(c1)oc(=O)c1n[nH]nc12. The van der Waals surface area contributed by atoms with Crippen molar-refractivity contribution in [2.45, 2.75) is 6.92 Å². The van der Waals surface area contributed by atoms with Crippen LogP contribution in [0.4, 0.5) is 0 Å². The normalized spacial score (nSPS) is 11.3. The zero-order valence-electron chi connectivity index (χ0n) is 7.94. The van der Waals surface area contributed by atoms with Gasteiger partial charge in [0.1, 0.15) is 11.1 Å². The number of nitrogens with zero attached hydrogens (tertiary/aromatic N) is 2. The van der Waals surface area contributed by atoms with Gasteiger partial charge in [0, 0.05) is 5.39 Å². The molecule has 0 radical (unpaired) electrons. The van der Waals surface area contributed by atoms with E-state index in [0.29, 0.717) is 11.1 Å². The van der Waals surface area contributed by atoms with Gasteiger partial charge in [0.15, 0.2) is 5.52 Å². The summed E-state index contributed by atoms with van der Waals surface area (Å²) in [5.41, 5.74) is 1.92. The third-order valence-corrected chi connectivity index (χ3v) is 2.34. The molecule has 0 aliphatic heterocycles. The molecule has 2 aromatic heterocycles. The summed E-state index contributed by atoms with van der Waals surface area (Å²) in [7, 11) is 0. The largest absolute Gasteiger partial charge is 0.421 e. The van der Waals surface area contributed by atoms with Crippen LogP contribution in [0.15, 0.2) is 27.4 Å². The van der Waals surface area contributed by atoms with Crippen molar-refractivity contribution in [3.8, 4) is 0 Å². The van der Waals surface area contributed by atoms with E-state index >= 15 is 0 Å². The number of aryl methyl sites for hydroxylation is 1. The number of aromatic nitrogens is 3. The molecule has 0 saturated carbocycles. The van der Waals surface area contributed by atoms with Gasteiger partial charge in [0.25, 0.3) is 0 Å². The van der Waals surface area contributed by atoms with E-state index in [1.807, 2.05) is 25.1 Å². The molecule has 0 bridgehead atoms. The Balaban J connectivity index is 2.66.